The first kappa shape index (κ1) is 17.4. The van der Waals surface area contributed by atoms with Crippen molar-refractivity contribution in [3.8, 4) is 0 Å². The molecule has 0 aliphatic carbocycles. The minimum atomic E-state index is -0.546. The molecule has 1 atom stereocenters. The smallest absolute Gasteiger partial charge is 0.227 e. The second-order valence-electron chi connectivity index (χ2n) is 6.47. The molecule has 3 heteroatoms. The highest BCUT2D eigenvalue weighted by molar-refractivity contribution is 5.83. The Morgan fingerprint density at radius 1 is 1.22 bits per heavy atom. The van der Waals surface area contributed by atoms with Crippen LogP contribution in [-0.4, -0.2) is 18.0 Å². The van der Waals surface area contributed by atoms with E-state index in [0.717, 1.165) is 13.0 Å². The van der Waals surface area contributed by atoms with Crippen molar-refractivity contribution in [1.82, 2.24) is 5.32 Å². The fourth-order valence-corrected chi connectivity index (χ4v) is 1.69. The van der Waals surface area contributed by atoms with E-state index in [1.54, 1.807) is 0 Å². The lowest BCUT2D eigenvalue weighted by atomic mass is 9.74. The second-order valence-corrected chi connectivity index (χ2v) is 6.47. The Morgan fingerprint density at radius 3 is 2.17 bits per heavy atom. The van der Waals surface area contributed by atoms with E-state index in [4.69, 9.17) is 5.73 Å². The molecule has 0 radical (unpaired) electrons. The van der Waals surface area contributed by atoms with Crippen molar-refractivity contribution in [3.63, 3.8) is 0 Å². The first-order valence-electron chi connectivity index (χ1n) is 7.24. The van der Waals surface area contributed by atoms with Crippen molar-refractivity contribution in [2.24, 2.45) is 17.1 Å². The topological polar surface area (TPSA) is 55.1 Å². The van der Waals surface area contributed by atoms with Crippen LogP contribution in [0.4, 0.5) is 0 Å². The molecule has 0 fully saturated rings. The van der Waals surface area contributed by atoms with Gasteiger partial charge in [0.1, 0.15) is 0 Å². The zero-order chi connectivity index (χ0) is 14.4. The fourth-order valence-electron chi connectivity index (χ4n) is 1.69. The third kappa shape index (κ3) is 4.97. The van der Waals surface area contributed by atoms with Gasteiger partial charge in [0.15, 0.2) is 0 Å². The van der Waals surface area contributed by atoms with Gasteiger partial charge in [-0.1, -0.05) is 33.1 Å². The summed E-state index contributed by atoms with van der Waals surface area (Å²) in [7, 11) is 0. The van der Waals surface area contributed by atoms with E-state index in [2.05, 4.69) is 19.2 Å². The molecule has 0 saturated heterocycles. The van der Waals surface area contributed by atoms with Gasteiger partial charge in [0.05, 0.1) is 5.41 Å². The Bertz CT molecular complexity index is 254. The van der Waals surface area contributed by atoms with Crippen LogP contribution in [0.5, 0.6) is 0 Å². The maximum Gasteiger partial charge on any atom is 0.227 e. The van der Waals surface area contributed by atoms with E-state index in [-0.39, 0.29) is 5.91 Å². The average molecular weight is 256 g/mol. The van der Waals surface area contributed by atoms with Crippen molar-refractivity contribution in [1.29, 1.82) is 0 Å². The molecular weight excluding hydrogens is 224 g/mol. The van der Waals surface area contributed by atoms with E-state index < -0.39 is 11.0 Å². The number of hydrogen-bond donors (Lipinski definition) is 2. The molecule has 18 heavy (non-hydrogen) atoms. The van der Waals surface area contributed by atoms with E-state index in [1.807, 2.05) is 27.7 Å². The van der Waals surface area contributed by atoms with Gasteiger partial charge >= 0.3 is 0 Å². The van der Waals surface area contributed by atoms with Crippen LogP contribution in [0, 0.1) is 11.3 Å². The van der Waals surface area contributed by atoms with Gasteiger partial charge in [-0.05, 0) is 40.0 Å². The molecule has 0 saturated carbocycles. The number of carbonyl (C=O) groups is 1. The summed E-state index contributed by atoms with van der Waals surface area (Å²) >= 11 is 0. The molecular formula is C15H32N2O. The van der Waals surface area contributed by atoms with Gasteiger partial charge in [0.2, 0.25) is 5.91 Å². The second kappa shape index (κ2) is 7.13. The molecule has 1 amide bonds. The van der Waals surface area contributed by atoms with Gasteiger partial charge in [-0.15, -0.1) is 0 Å². The van der Waals surface area contributed by atoms with Gasteiger partial charge in [0.25, 0.3) is 0 Å². The zero-order valence-electron chi connectivity index (χ0n) is 13.1. The molecule has 0 aliphatic heterocycles. The summed E-state index contributed by atoms with van der Waals surface area (Å²) in [6.07, 6.45) is 4.76. The van der Waals surface area contributed by atoms with Crippen LogP contribution in [0.3, 0.4) is 0 Å². The maximum atomic E-state index is 12.2. The number of unbranched alkanes of at least 4 members (excludes halogenated alkanes) is 1. The van der Waals surface area contributed by atoms with E-state index in [0.29, 0.717) is 5.92 Å². The molecule has 3 N–H and O–H groups in total. The van der Waals surface area contributed by atoms with Crippen LogP contribution in [-0.2, 0) is 4.79 Å². The lowest BCUT2D eigenvalue weighted by Crippen LogP contribution is -2.56. The van der Waals surface area contributed by atoms with Gasteiger partial charge in [-0.3, -0.25) is 4.79 Å². The molecule has 0 bridgehead atoms. The molecule has 1 unspecified atom stereocenters. The lowest BCUT2D eigenvalue weighted by Gasteiger charge is -2.37. The highest BCUT2D eigenvalue weighted by Gasteiger charge is 2.40. The van der Waals surface area contributed by atoms with Crippen LogP contribution in [0.1, 0.15) is 67.2 Å². The van der Waals surface area contributed by atoms with E-state index in [9.17, 15) is 4.79 Å². The average Bonchev–Trinajstić information content (AvgIpc) is 2.27. The van der Waals surface area contributed by atoms with Gasteiger partial charge in [-0.25, -0.2) is 0 Å². The van der Waals surface area contributed by atoms with Crippen LogP contribution < -0.4 is 11.1 Å². The molecule has 0 aliphatic rings. The SMILES string of the molecule is CCCCC(CC)CNC(=O)C(C)(C)C(C)(C)N. The van der Waals surface area contributed by atoms with Gasteiger partial charge < -0.3 is 11.1 Å². The predicted molar refractivity (Wildman–Crippen MR) is 78.4 cm³/mol. The number of nitrogens with one attached hydrogen (secondary N) is 1. The Morgan fingerprint density at radius 2 is 1.78 bits per heavy atom. The number of hydrogen-bond acceptors (Lipinski definition) is 2. The first-order chi connectivity index (χ1) is 8.16. The van der Waals surface area contributed by atoms with Crippen molar-refractivity contribution in [2.75, 3.05) is 6.54 Å². The summed E-state index contributed by atoms with van der Waals surface area (Å²) in [4.78, 5) is 12.2. The van der Waals surface area contributed by atoms with Crippen molar-refractivity contribution < 1.29 is 4.79 Å². The molecule has 0 heterocycles. The van der Waals surface area contributed by atoms with Crippen molar-refractivity contribution in [2.45, 2.75) is 72.8 Å². The number of amides is 1. The summed E-state index contributed by atoms with van der Waals surface area (Å²) in [6.45, 7) is 12.8. The maximum absolute atomic E-state index is 12.2. The molecule has 3 nitrogen and oxygen atoms in total. The highest BCUT2D eigenvalue weighted by atomic mass is 16.2. The van der Waals surface area contributed by atoms with Crippen LogP contribution in [0.25, 0.3) is 0 Å². The van der Waals surface area contributed by atoms with Crippen molar-refractivity contribution in [3.05, 3.63) is 0 Å². The van der Waals surface area contributed by atoms with Gasteiger partial charge in [0, 0.05) is 12.1 Å². The minimum absolute atomic E-state index is 0.0601. The predicted octanol–water partition coefficient (Wildman–Crippen LogP) is 3.08. The van der Waals surface area contributed by atoms with E-state index in [1.165, 1.54) is 19.3 Å². The Hall–Kier alpha value is -0.570. The molecule has 108 valence electrons. The number of nitrogens with two attached hydrogens (primary N) is 1. The summed E-state index contributed by atoms with van der Waals surface area (Å²) in [5, 5.41) is 3.07. The largest absolute Gasteiger partial charge is 0.355 e. The monoisotopic (exact) mass is 256 g/mol. The van der Waals surface area contributed by atoms with E-state index >= 15 is 0 Å². The normalized spacial score (nSPS) is 14.4. The van der Waals surface area contributed by atoms with Gasteiger partial charge in [-0.2, -0.15) is 0 Å². The summed E-state index contributed by atoms with van der Waals surface area (Å²) in [5.74, 6) is 0.649. The number of rotatable bonds is 8. The summed E-state index contributed by atoms with van der Waals surface area (Å²) < 4.78 is 0. The quantitative estimate of drug-likeness (QED) is 0.701. The molecule has 0 spiro atoms. The Kier molecular flexibility index (Phi) is 6.90. The first-order valence-corrected chi connectivity index (χ1v) is 7.24. The summed E-state index contributed by atoms with van der Waals surface area (Å²) in [6, 6.07) is 0. The van der Waals surface area contributed by atoms with Crippen LogP contribution in [0.15, 0.2) is 0 Å². The highest BCUT2D eigenvalue weighted by Crippen LogP contribution is 2.28. The lowest BCUT2D eigenvalue weighted by molar-refractivity contribution is -0.132. The fraction of sp³-hybridized carbons (Fsp3) is 0.933. The molecule has 0 aromatic rings. The zero-order valence-corrected chi connectivity index (χ0v) is 13.1. The molecule has 0 aromatic heterocycles. The van der Waals surface area contributed by atoms with Crippen LogP contribution in [0.2, 0.25) is 0 Å². The standard InChI is InChI=1S/C15H32N2O/c1-7-9-10-12(8-2)11-17-13(18)14(3,4)15(5,6)16/h12H,7-11,16H2,1-6H3,(H,17,18). The summed E-state index contributed by atoms with van der Waals surface area (Å²) in [5.41, 5.74) is 5.02. The minimum Gasteiger partial charge on any atom is -0.355 e. The Labute approximate surface area is 113 Å². The molecule has 0 rings (SSSR count). The third-order valence-electron chi connectivity index (χ3n) is 4.27. The third-order valence-corrected chi connectivity index (χ3v) is 4.27. The molecule has 0 aromatic carbocycles. The Balaban J connectivity index is 4.32. The van der Waals surface area contributed by atoms with Crippen LogP contribution >= 0.6 is 0 Å². The van der Waals surface area contributed by atoms with Crippen molar-refractivity contribution >= 4 is 5.91 Å². The number of carbonyl (C=O) groups excluding carboxylic acids is 1.